The molecule has 1 aliphatic heterocycles. The summed E-state index contributed by atoms with van der Waals surface area (Å²) in [4.78, 5) is 1.89. The molecule has 0 amide bonds. The Kier molecular flexibility index (Phi) is 3.69. The number of aliphatic hydroxyl groups is 1. The van der Waals surface area contributed by atoms with Gasteiger partial charge in [0.15, 0.2) is 5.72 Å². The zero-order valence-corrected chi connectivity index (χ0v) is 12.1. The van der Waals surface area contributed by atoms with Gasteiger partial charge in [0, 0.05) is 16.6 Å². The molecule has 1 saturated heterocycles. The van der Waals surface area contributed by atoms with Gasteiger partial charge in [-0.15, -0.1) is 0 Å². The number of benzene rings is 1. The van der Waals surface area contributed by atoms with Crippen LogP contribution in [-0.4, -0.2) is 26.1 Å². The van der Waals surface area contributed by atoms with Crippen molar-refractivity contribution in [3.8, 4) is 0 Å². The molecule has 1 atom stereocenters. The number of nitrogens with zero attached hydrogens (tertiary/aromatic N) is 1. The highest BCUT2D eigenvalue weighted by molar-refractivity contribution is 8.23. The summed E-state index contributed by atoms with van der Waals surface area (Å²) in [5.41, 5.74) is -0.177. The first-order valence-electron chi connectivity index (χ1n) is 5.39. The van der Waals surface area contributed by atoms with E-state index in [1.54, 1.807) is 12.1 Å². The molecule has 0 bridgehead atoms. The second kappa shape index (κ2) is 4.76. The summed E-state index contributed by atoms with van der Waals surface area (Å²) in [5.74, 6) is 0.561. The molecule has 0 aliphatic carbocycles. The zero-order valence-electron chi connectivity index (χ0n) is 9.68. The number of thiocarbonyl (C=S) groups is 1. The number of thioether (sulfide) groups is 1. The summed E-state index contributed by atoms with van der Waals surface area (Å²) in [7, 11) is 0. The van der Waals surface area contributed by atoms with Crippen LogP contribution in [0, 0.1) is 0 Å². The molecule has 1 aliphatic rings. The molecule has 2 nitrogen and oxygen atoms in total. The molecule has 17 heavy (non-hydrogen) atoms. The molecule has 92 valence electrons. The maximum absolute atomic E-state index is 10.8. The van der Waals surface area contributed by atoms with E-state index < -0.39 is 5.72 Å². The smallest absolute Gasteiger partial charge is 0.175 e. The maximum Gasteiger partial charge on any atom is 0.175 e. The van der Waals surface area contributed by atoms with Crippen molar-refractivity contribution in [3.05, 3.63) is 34.9 Å². The summed E-state index contributed by atoms with van der Waals surface area (Å²) < 4.78 is 0.748. The molecule has 1 aromatic carbocycles. The summed E-state index contributed by atoms with van der Waals surface area (Å²) in [6.07, 6.45) is 0. The highest BCUT2D eigenvalue weighted by Gasteiger charge is 2.45. The van der Waals surface area contributed by atoms with E-state index in [4.69, 9.17) is 23.8 Å². The van der Waals surface area contributed by atoms with Crippen LogP contribution in [-0.2, 0) is 5.72 Å². The average molecular weight is 288 g/mol. The van der Waals surface area contributed by atoms with Gasteiger partial charge >= 0.3 is 0 Å². The standard InChI is InChI=1S/C12H14ClNOS2/c1-8(2)14-11(16)17-7-12(14,15)9-3-5-10(13)6-4-9/h3-6,8,15H,7H2,1-2H3. The lowest BCUT2D eigenvalue weighted by molar-refractivity contribution is -0.0602. The number of hydrogen-bond donors (Lipinski definition) is 1. The quantitative estimate of drug-likeness (QED) is 0.844. The maximum atomic E-state index is 10.8. The van der Waals surface area contributed by atoms with Crippen LogP contribution in [0.5, 0.6) is 0 Å². The summed E-state index contributed by atoms with van der Waals surface area (Å²) in [6.45, 7) is 4.05. The van der Waals surface area contributed by atoms with Crippen LogP contribution in [0.2, 0.25) is 5.02 Å². The molecule has 2 rings (SSSR count). The van der Waals surface area contributed by atoms with Crippen LogP contribution in [0.25, 0.3) is 0 Å². The second-order valence-corrected chi connectivity index (χ2v) is 6.39. The number of rotatable bonds is 2. The van der Waals surface area contributed by atoms with Crippen molar-refractivity contribution in [2.24, 2.45) is 0 Å². The molecule has 1 N–H and O–H groups in total. The van der Waals surface area contributed by atoms with Crippen LogP contribution in [0.1, 0.15) is 19.4 Å². The van der Waals surface area contributed by atoms with Gasteiger partial charge in [-0.1, -0.05) is 47.7 Å². The van der Waals surface area contributed by atoms with Crippen LogP contribution >= 0.6 is 35.6 Å². The molecule has 0 saturated carbocycles. The van der Waals surface area contributed by atoms with Gasteiger partial charge in [0.25, 0.3) is 0 Å². The predicted octanol–water partition coefficient (Wildman–Crippen LogP) is 3.23. The van der Waals surface area contributed by atoms with Gasteiger partial charge in [0.1, 0.15) is 4.32 Å². The van der Waals surface area contributed by atoms with Gasteiger partial charge in [-0.2, -0.15) is 0 Å². The second-order valence-electron chi connectivity index (χ2n) is 4.34. The van der Waals surface area contributed by atoms with Crippen LogP contribution < -0.4 is 0 Å². The Balaban J connectivity index is 2.41. The third kappa shape index (κ3) is 2.32. The van der Waals surface area contributed by atoms with E-state index in [1.165, 1.54) is 11.8 Å². The predicted molar refractivity (Wildman–Crippen MR) is 77.4 cm³/mol. The lowest BCUT2D eigenvalue weighted by Crippen LogP contribution is -2.48. The van der Waals surface area contributed by atoms with Crippen molar-refractivity contribution in [3.63, 3.8) is 0 Å². The van der Waals surface area contributed by atoms with E-state index in [0.717, 1.165) is 9.88 Å². The topological polar surface area (TPSA) is 23.5 Å². The minimum Gasteiger partial charge on any atom is -0.366 e. The van der Waals surface area contributed by atoms with E-state index in [-0.39, 0.29) is 6.04 Å². The number of halogens is 1. The Morgan fingerprint density at radius 2 is 2.00 bits per heavy atom. The Labute approximate surface area is 116 Å². The third-order valence-electron chi connectivity index (χ3n) is 2.82. The molecule has 5 heteroatoms. The lowest BCUT2D eigenvalue weighted by atomic mass is 10.0. The fourth-order valence-electron chi connectivity index (χ4n) is 2.03. The van der Waals surface area contributed by atoms with Crippen LogP contribution in [0.4, 0.5) is 0 Å². The van der Waals surface area contributed by atoms with Gasteiger partial charge in [-0.25, -0.2) is 0 Å². The fourth-order valence-corrected chi connectivity index (χ4v) is 3.83. The van der Waals surface area contributed by atoms with Gasteiger partial charge in [-0.05, 0) is 26.0 Å². The van der Waals surface area contributed by atoms with Crippen LogP contribution in [0.15, 0.2) is 24.3 Å². The van der Waals surface area contributed by atoms with Crippen LogP contribution in [0.3, 0.4) is 0 Å². The van der Waals surface area contributed by atoms with E-state index >= 15 is 0 Å². The van der Waals surface area contributed by atoms with Gasteiger partial charge in [0.05, 0.1) is 5.75 Å². The highest BCUT2D eigenvalue weighted by atomic mass is 35.5. The molecule has 0 spiro atoms. The molecular formula is C12H14ClNOS2. The Bertz CT molecular complexity index is 435. The van der Waals surface area contributed by atoms with Crippen molar-refractivity contribution in [2.45, 2.75) is 25.6 Å². The monoisotopic (exact) mass is 287 g/mol. The van der Waals surface area contributed by atoms with Crippen molar-refractivity contribution >= 4 is 39.9 Å². The molecule has 1 unspecified atom stereocenters. The van der Waals surface area contributed by atoms with Crippen molar-refractivity contribution in [1.82, 2.24) is 4.90 Å². The summed E-state index contributed by atoms with van der Waals surface area (Å²) in [6, 6.07) is 7.45. The Morgan fingerprint density at radius 1 is 1.41 bits per heavy atom. The first kappa shape index (κ1) is 13.1. The first-order chi connectivity index (χ1) is 7.95. The van der Waals surface area contributed by atoms with Crippen molar-refractivity contribution in [2.75, 3.05) is 5.75 Å². The van der Waals surface area contributed by atoms with E-state index in [2.05, 4.69) is 0 Å². The minimum atomic E-state index is -1.01. The SMILES string of the molecule is CC(C)N1C(=S)SCC1(O)c1ccc(Cl)cc1. The Hall–Kier alpha value is -0.290. The molecule has 0 radical (unpaired) electrons. The average Bonchev–Trinajstić information content (AvgIpc) is 2.56. The lowest BCUT2D eigenvalue weighted by Gasteiger charge is -2.37. The van der Waals surface area contributed by atoms with Gasteiger partial charge < -0.3 is 10.0 Å². The third-order valence-corrected chi connectivity index (χ3v) is 4.61. The fraction of sp³-hybridized carbons (Fsp3) is 0.417. The van der Waals surface area contributed by atoms with Gasteiger partial charge in [-0.3, -0.25) is 0 Å². The molecule has 1 aromatic rings. The summed E-state index contributed by atoms with van der Waals surface area (Å²) in [5, 5.41) is 11.5. The molecule has 1 fully saturated rings. The first-order valence-corrected chi connectivity index (χ1v) is 7.17. The van der Waals surface area contributed by atoms with Crippen molar-refractivity contribution in [1.29, 1.82) is 0 Å². The minimum absolute atomic E-state index is 0.165. The largest absolute Gasteiger partial charge is 0.366 e. The molecule has 1 heterocycles. The molecular weight excluding hydrogens is 274 g/mol. The van der Waals surface area contributed by atoms with E-state index in [1.807, 2.05) is 30.9 Å². The Morgan fingerprint density at radius 3 is 2.53 bits per heavy atom. The zero-order chi connectivity index (χ0) is 12.6. The molecule has 0 aromatic heterocycles. The normalized spacial score (nSPS) is 24.8. The summed E-state index contributed by atoms with van der Waals surface area (Å²) >= 11 is 12.7. The highest BCUT2D eigenvalue weighted by Crippen LogP contribution is 2.40. The van der Waals surface area contributed by atoms with E-state index in [0.29, 0.717) is 10.8 Å². The van der Waals surface area contributed by atoms with Gasteiger partial charge in [0.2, 0.25) is 0 Å². The van der Waals surface area contributed by atoms with Crippen molar-refractivity contribution < 1.29 is 5.11 Å². The number of hydrogen-bond acceptors (Lipinski definition) is 3. The van der Waals surface area contributed by atoms with E-state index in [9.17, 15) is 5.11 Å².